The normalized spacial score (nSPS) is 11.1. The molecule has 0 saturated heterocycles. The number of aliphatic carboxylic acids is 1. The molecule has 0 unspecified atom stereocenters. The zero-order valence-electron chi connectivity index (χ0n) is 14.1. The summed E-state index contributed by atoms with van der Waals surface area (Å²) in [6.45, 7) is 3.27. The standard InChI is InChI=1S/C18H17NO6S/c1-3-25-18(24)12(16(20)21)9-19-15-13(17(22)23)10(2)14(26-15)11-7-5-4-6-8-11/h4-9,19H,3H2,1-2H3,(H,20,21)(H,22,23). The molecule has 0 saturated carbocycles. The van der Waals surface area contributed by atoms with E-state index >= 15 is 0 Å². The Morgan fingerprint density at radius 2 is 1.85 bits per heavy atom. The Morgan fingerprint density at radius 1 is 1.19 bits per heavy atom. The summed E-state index contributed by atoms with van der Waals surface area (Å²) in [4.78, 5) is 35.3. The topological polar surface area (TPSA) is 113 Å². The van der Waals surface area contributed by atoms with Gasteiger partial charge in [0.25, 0.3) is 0 Å². The quantitative estimate of drug-likeness (QED) is 0.294. The van der Waals surface area contributed by atoms with Crippen LogP contribution in [0, 0.1) is 6.92 Å². The molecule has 8 heteroatoms. The van der Waals surface area contributed by atoms with Crippen molar-refractivity contribution in [1.82, 2.24) is 0 Å². The monoisotopic (exact) mass is 375 g/mol. The molecule has 0 atom stereocenters. The average molecular weight is 375 g/mol. The molecule has 136 valence electrons. The number of rotatable bonds is 7. The summed E-state index contributed by atoms with van der Waals surface area (Å²) < 4.78 is 4.69. The molecule has 0 fully saturated rings. The first-order chi connectivity index (χ1) is 12.4. The van der Waals surface area contributed by atoms with Crippen molar-refractivity contribution in [3.63, 3.8) is 0 Å². The maximum atomic E-state index is 11.7. The Morgan fingerprint density at radius 3 is 2.38 bits per heavy atom. The van der Waals surface area contributed by atoms with Crippen molar-refractivity contribution in [2.24, 2.45) is 0 Å². The number of nitrogens with one attached hydrogen (secondary N) is 1. The van der Waals surface area contributed by atoms with Crippen molar-refractivity contribution in [2.75, 3.05) is 11.9 Å². The van der Waals surface area contributed by atoms with Crippen LogP contribution in [0.25, 0.3) is 10.4 Å². The lowest BCUT2D eigenvalue weighted by Gasteiger charge is -2.04. The first kappa shape index (κ1) is 19.2. The van der Waals surface area contributed by atoms with Crippen molar-refractivity contribution in [2.45, 2.75) is 13.8 Å². The van der Waals surface area contributed by atoms with Crippen molar-refractivity contribution in [1.29, 1.82) is 0 Å². The molecule has 0 aliphatic rings. The second-order valence-corrected chi connectivity index (χ2v) is 6.18. The van der Waals surface area contributed by atoms with E-state index in [1.54, 1.807) is 13.8 Å². The van der Waals surface area contributed by atoms with Crippen molar-refractivity contribution in [3.8, 4) is 10.4 Å². The lowest BCUT2D eigenvalue weighted by atomic mass is 10.1. The number of thiophene rings is 1. The van der Waals surface area contributed by atoms with E-state index in [9.17, 15) is 19.5 Å². The van der Waals surface area contributed by atoms with E-state index in [1.165, 1.54) is 0 Å². The Bertz CT molecular complexity index is 869. The van der Waals surface area contributed by atoms with E-state index in [4.69, 9.17) is 5.11 Å². The number of carbonyl (C=O) groups is 3. The fourth-order valence-corrected chi connectivity index (χ4v) is 3.47. The molecule has 26 heavy (non-hydrogen) atoms. The minimum absolute atomic E-state index is 0.0266. The molecular formula is C18H17NO6S. The molecule has 0 radical (unpaired) electrons. The van der Waals surface area contributed by atoms with Crippen LogP contribution in [0.1, 0.15) is 22.8 Å². The van der Waals surface area contributed by atoms with Gasteiger partial charge in [-0.1, -0.05) is 30.3 Å². The van der Waals surface area contributed by atoms with Crippen LogP contribution in [0.15, 0.2) is 42.1 Å². The van der Waals surface area contributed by atoms with Gasteiger partial charge in [0, 0.05) is 11.1 Å². The highest BCUT2D eigenvalue weighted by molar-refractivity contribution is 7.20. The lowest BCUT2D eigenvalue weighted by Crippen LogP contribution is -2.16. The van der Waals surface area contributed by atoms with Crippen LogP contribution in [0.3, 0.4) is 0 Å². The fourth-order valence-electron chi connectivity index (χ4n) is 2.29. The summed E-state index contributed by atoms with van der Waals surface area (Å²) in [5, 5.41) is 21.5. The van der Waals surface area contributed by atoms with Crippen LogP contribution in [-0.2, 0) is 14.3 Å². The summed E-state index contributed by atoms with van der Waals surface area (Å²) >= 11 is 1.16. The second-order valence-electron chi connectivity index (χ2n) is 5.16. The number of hydrogen-bond donors (Lipinski definition) is 3. The predicted octanol–water partition coefficient (Wildman–Crippen LogP) is 3.37. The van der Waals surface area contributed by atoms with Gasteiger partial charge in [-0.25, -0.2) is 14.4 Å². The third-order valence-electron chi connectivity index (χ3n) is 3.47. The Hall–Kier alpha value is -3.13. The number of carboxylic acid groups (broad SMARTS) is 2. The first-order valence-corrected chi connectivity index (χ1v) is 8.47. The van der Waals surface area contributed by atoms with Gasteiger partial charge in [-0.05, 0) is 25.0 Å². The zero-order chi connectivity index (χ0) is 19.3. The van der Waals surface area contributed by atoms with E-state index in [0.717, 1.165) is 28.0 Å². The van der Waals surface area contributed by atoms with Crippen LogP contribution in [0.4, 0.5) is 5.00 Å². The number of carbonyl (C=O) groups excluding carboxylic acids is 1. The number of benzene rings is 1. The van der Waals surface area contributed by atoms with Crippen LogP contribution < -0.4 is 5.32 Å². The van der Waals surface area contributed by atoms with Crippen LogP contribution in [0.2, 0.25) is 0 Å². The van der Waals surface area contributed by atoms with Crippen LogP contribution in [-0.4, -0.2) is 34.7 Å². The number of carboxylic acids is 2. The molecule has 0 aliphatic heterocycles. The zero-order valence-corrected chi connectivity index (χ0v) is 14.9. The van der Waals surface area contributed by atoms with Gasteiger partial charge >= 0.3 is 17.9 Å². The third kappa shape index (κ3) is 4.09. The number of aromatic carboxylic acids is 1. The highest BCUT2D eigenvalue weighted by Gasteiger charge is 2.23. The SMILES string of the molecule is CCOC(=O)C(=CNc1sc(-c2ccccc2)c(C)c1C(=O)O)C(=O)O. The molecule has 1 heterocycles. The minimum atomic E-state index is -1.47. The van der Waals surface area contributed by atoms with Gasteiger partial charge in [0.1, 0.15) is 5.00 Å². The maximum Gasteiger partial charge on any atom is 0.347 e. The van der Waals surface area contributed by atoms with Gasteiger partial charge in [-0.2, -0.15) is 0 Å². The molecule has 0 amide bonds. The van der Waals surface area contributed by atoms with Crippen LogP contribution in [0.5, 0.6) is 0 Å². The molecule has 2 rings (SSSR count). The Balaban J connectivity index is 2.46. The van der Waals surface area contributed by atoms with Gasteiger partial charge in [0.05, 0.1) is 12.2 Å². The van der Waals surface area contributed by atoms with Gasteiger partial charge in [0.15, 0.2) is 5.57 Å². The molecular weight excluding hydrogens is 358 g/mol. The molecule has 1 aromatic carbocycles. The van der Waals surface area contributed by atoms with E-state index in [-0.39, 0.29) is 17.2 Å². The van der Waals surface area contributed by atoms with Crippen molar-refractivity contribution in [3.05, 3.63) is 53.2 Å². The molecule has 1 aromatic heterocycles. The van der Waals surface area contributed by atoms with E-state index in [1.807, 2.05) is 30.3 Å². The Labute approximate surface area is 153 Å². The molecule has 7 nitrogen and oxygen atoms in total. The number of ether oxygens (including phenoxy) is 1. The average Bonchev–Trinajstić information content (AvgIpc) is 2.92. The van der Waals surface area contributed by atoms with E-state index < -0.39 is 23.5 Å². The lowest BCUT2D eigenvalue weighted by molar-refractivity contribution is -0.143. The summed E-state index contributed by atoms with van der Waals surface area (Å²) in [5.74, 6) is -3.62. The smallest absolute Gasteiger partial charge is 0.347 e. The number of hydrogen-bond acceptors (Lipinski definition) is 6. The summed E-state index contributed by atoms with van der Waals surface area (Å²) in [6, 6.07) is 9.23. The Kier molecular flexibility index (Phi) is 6.13. The maximum absolute atomic E-state index is 11.7. The van der Waals surface area contributed by atoms with Crippen molar-refractivity contribution >= 4 is 34.2 Å². The highest BCUT2D eigenvalue weighted by Crippen LogP contribution is 2.39. The van der Waals surface area contributed by atoms with Gasteiger partial charge < -0.3 is 20.3 Å². The third-order valence-corrected chi connectivity index (χ3v) is 4.74. The summed E-state index contributed by atoms with van der Waals surface area (Å²) in [7, 11) is 0. The molecule has 3 N–H and O–H groups in total. The highest BCUT2D eigenvalue weighted by atomic mass is 32.1. The largest absolute Gasteiger partial charge is 0.478 e. The summed E-state index contributed by atoms with van der Waals surface area (Å²) in [5.41, 5.74) is 0.810. The molecule has 0 bridgehead atoms. The van der Waals surface area contributed by atoms with Gasteiger partial charge in [-0.15, -0.1) is 11.3 Å². The number of anilines is 1. The molecule has 0 aliphatic carbocycles. The number of esters is 1. The predicted molar refractivity (Wildman–Crippen MR) is 97.4 cm³/mol. The van der Waals surface area contributed by atoms with E-state index in [2.05, 4.69) is 10.1 Å². The first-order valence-electron chi connectivity index (χ1n) is 7.66. The van der Waals surface area contributed by atoms with E-state index in [0.29, 0.717) is 5.56 Å². The summed E-state index contributed by atoms with van der Waals surface area (Å²) in [6.07, 6.45) is 0.951. The van der Waals surface area contributed by atoms with Crippen LogP contribution >= 0.6 is 11.3 Å². The molecule has 0 spiro atoms. The second kappa shape index (κ2) is 8.30. The fraction of sp³-hybridized carbons (Fsp3) is 0.167. The van der Waals surface area contributed by atoms with Crippen molar-refractivity contribution < 1.29 is 29.3 Å². The molecule has 2 aromatic rings. The van der Waals surface area contributed by atoms with Gasteiger partial charge in [0.2, 0.25) is 0 Å². The van der Waals surface area contributed by atoms with Gasteiger partial charge in [-0.3, -0.25) is 0 Å². The minimum Gasteiger partial charge on any atom is -0.478 e.